The number of rotatable bonds is 5. The van der Waals surface area contributed by atoms with E-state index < -0.39 is 15.9 Å². The van der Waals surface area contributed by atoms with Gasteiger partial charge in [0, 0.05) is 25.6 Å². The van der Waals surface area contributed by atoms with E-state index in [4.69, 9.17) is 4.42 Å². The Morgan fingerprint density at radius 1 is 1.12 bits per heavy atom. The molecule has 1 N–H and O–H groups in total. The standard InChI is InChI=1S/C17H22N4O4S/c1-21(2)26(23,24)14-10-8-12(9-11-14)15(22)18-17-20-19-16(25-17)13-6-4-3-5-7-13/h8-11,13H,3-7H2,1-2H3,(H,18,20,22). The molecule has 9 heteroatoms. The molecule has 2 aromatic rings. The van der Waals surface area contributed by atoms with Crippen LogP contribution in [0.1, 0.15) is 54.3 Å². The van der Waals surface area contributed by atoms with E-state index in [9.17, 15) is 13.2 Å². The van der Waals surface area contributed by atoms with E-state index in [1.807, 2.05) is 0 Å². The molecule has 1 aliphatic carbocycles. The largest absolute Gasteiger partial charge is 0.408 e. The lowest BCUT2D eigenvalue weighted by Gasteiger charge is -2.17. The van der Waals surface area contributed by atoms with Crippen molar-refractivity contribution >= 4 is 21.9 Å². The van der Waals surface area contributed by atoms with Crippen molar-refractivity contribution in [1.29, 1.82) is 0 Å². The Morgan fingerprint density at radius 2 is 1.77 bits per heavy atom. The highest BCUT2D eigenvalue weighted by Gasteiger charge is 2.22. The lowest BCUT2D eigenvalue weighted by molar-refractivity contribution is 0.102. The quantitative estimate of drug-likeness (QED) is 0.857. The van der Waals surface area contributed by atoms with Crippen molar-refractivity contribution in [2.45, 2.75) is 42.9 Å². The molecule has 1 aromatic carbocycles. The second-order valence-corrected chi connectivity index (χ2v) is 8.70. The molecule has 1 aromatic heterocycles. The van der Waals surface area contributed by atoms with Crippen molar-refractivity contribution < 1.29 is 17.6 Å². The van der Waals surface area contributed by atoms with Crippen molar-refractivity contribution in [2.75, 3.05) is 19.4 Å². The lowest BCUT2D eigenvalue weighted by atomic mass is 9.89. The van der Waals surface area contributed by atoms with Gasteiger partial charge in [0.15, 0.2) is 0 Å². The van der Waals surface area contributed by atoms with Gasteiger partial charge < -0.3 is 4.42 Å². The van der Waals surface area contributed by atoms with Gasteiger partial charge in [-0.1, -0.05) is 24.4 Å². The van der Waals surface area contributed by atoms with Gasteiger partial charge in [-0.05, 0) is 37.1 Å². The van der Waals surface area contributed by atoms with E-state index in [1.54, 1.807) is 0 Å². The normalized spacial score (nSPS) is 16.0. The number of benzene rings is 1. The molecule has 0 unspecified atom stereocenters. The van der Waals surface area contributed by atoms with Crippen LogP contribution >= 0.6 is 0 Å². The molecule has 0 aliphatic heterocycles. The Morgan fingerprint density at radius 3 is 2.38 bits per heavy atom. The van der Waals surface area contributed by atoms with Gasteiger partial charge in [-0.25, -0.2) is 12.7 Å². The number of anilines is 1. The summed E-state index contributed by atoms with van der Waals surface area (Å²) in [7, 11) is -0.619. The summed E-state index contributed by atoms with van der Waals surface area (Å²) in [5, 5.41) is 10.5. The summed E-state index contributed by atoms with van der Waals surface area (Å²) in [5.74, 6) is 0.391. The second kappa shape index (κ2) is 7.55. The molecule has 0 spiro atoms. The van der Waals surface area contributed by atoms with Crippen LogP contribution in [0.5, 0.6) is 0 Å². The molecule has 140 valence electrons. The van der Waals surface area contributed by atoms with Crippen molar-refractivity contribution in [3.05, 3.63) is 35.7 Å². The minimum atomic E-state index is -3.53. The maximum Gasteiger partial charge on any atom is 0.322 e. The van der Waals surface area contributed by atoms with Crippen LogP contribution in [0, 0.1) is 0 Å². The Kier molecular flexibility index (Phi) is 5.38. The van der Waals surface area contributed by atoms with E-state index in [1.165, 1.54) is 44.8 Å². The molecule has 3 rings (SSSR count). The predicted octanol–water partition coefficient (Wildman–Crippen LogP) is 2.62. The summed E-state index contributed by atoms with van der Waals surface area (Å²) in [4.78, 5) is 12.4. The number of aromatic nitrogens is 2. The van der Waals surface area contributed by atoms with Crippen molar-refractivity contribution in [2.24, 2.45) is 0 Å². The fourth-order valence-electron chi connectivity index (χ4n) is 2.96. The van der Waals surface area contributed by atoms with Crippen LogP contribution in [0.25, 0.3) is 0 Å². The molecule has 1 heterocycles. The summed E-state index contributed by atoms with van der Waals surface area (Å²) in [6.45, 7) is 0. The van der Waals surface area contributed by atoms with Gasteiger partial charge in [-0.3, -0.25) is 10.1 Å². The smallest absolute Gasteiger partial charge is 0.322 e. The monoisotopic (exact) mass is 378 g/mol. The zero-order chi connectivity index (χ0) is 18.7. The topological polar surface area (TPSA) is 105 Å². The highest BCUT2D eigenvalue weighted by Crippen LogP contribution is 2.32. The van der Waals surface area contributed by atoms with Gasteiger partial charge in [0.1, 0.15) is 0 Å². The number of carbonyl (C=O) groups excluding carboxylic acids is 1. The fourth-order valence-corrected chi connectivity index (χ4v) is 3.86. The molecule has 0 saturated heterocycles. The molecular weight excluding hydrogens is 356 g/mol. The molecule has 8 nitrogen and oxygen atoms in total. The average molecular weight is 378 g/mol. The highest BCUT2D eigenvalue weighted by atomic mass is 32.2. The molecule has 0 bridgehead atoms. The Hall–Kier alpha value is -2.26. The summed E-state index contributed by atoms with van der Waals surface area (Å²) in [6.07, 6.45) is 5.58. The summed E-state index contributed by atoms with van der Waals surface area (Å²) in [6, 6.07) is 5.74. The molecule has 0 atom stereocenters. The van der Waals surface area contributed by atoms with Gasteiger partial charge >= 0.3 is 6.01 Å². The molecular formula is C17H22N4O4S. The van der Waals surface area contributed by atoms with Crippen LogP contribution in [0.3, 0.4) is 0 Å². The van der Waals surface area contributed by atoms with Gasteiger partial charge in [-0.2, -0.15) is 0 Å². The summed E-state index contributed by atoms with van der Waals surface area (Å²) >= 11 is 0. The van der Waals surface area contributed by atoms with E-state index in [0.29, 0.717) is 11.5 Å². The van der Waals surface area contributed by atoms with Gasteiger partial charge in [0.2, 0.25) is 15.9 Å². The Bertz CT molecular complexity index is 868. The summed E-state index contributed by atoms with van der Waals surface area (Å²) in [5.41, 5.74) is 0.306. The van der Waals surface area contributed by atoms with Gasteiger partial charge in [0.05, 0.1) is 4.90 Å². The van der Waals surface area contributed by atoms with Gasteiger partial charge in [0.25, 0.3) is 5.91 Å². The van der Waals surface area contributed by atoms with E-state index in [0.717, 1.165) is 30.0 Å². The number of hydrogen-bond donors (Lipinski definition) is 1. The first kappa shape index (κ1) is 18.5. The highest BCUT2D eigenvalue weighted by molar-refractivity contribution is 7.89. The molecule has 1 fully saturated rings. The van der Waals surface area contributed by atoms with Crippen LogP contribution in [-0.4, -0.2) is 42.9 Å². The SMILES string of the molecule is CN(C)S(=O)(=O)c1ccc(C(=O)Nc2nnc(C3CCCCC3)o2)cc1. The number of sulfonamides is 1. The van der Waals surface area contributed by atoms with Crippen LogP contribution < -0.4 is 5.32 Å². The van der Waals surface area contributed by atoms with Crippen molar-refractivity contribution in [3.8, 4) is 0 Å². The van der Waals surface area contributed by atoms with Crippen LogP contribution in [-0.2, 0) is 10.0 Å². The molecule has 1 aliphatic rings. The number of nitrogens with one attached hydrogen (secondary N) is 1. The lowest BCUT2D eigenvalue weighted by Crippen LogP contribution is -2.22. The molecule has 0 radical (unpaired) electrons. The molecule has 1 saturated carbocycles. The van der Waals surface area contributed by atoms with Crippen LogP contribution in [0.4, 0.5) is 6.01 Å². The number of nitrogens with zero attached hydrogens (tertiary/aromatic N) is 3. The number of carbonyl (C=O) groups is 1. The summed E-state index contributed by atoms with van der Waals surface area (Å²) < 4.78 is 30.8. The first-order chi connectivity index (χ1) is 12.4. The molecule has 1 amide bonds. The third-order valence-corrected chi connectivity index (χ3v) is 6.34. The average Bonchev–Trinajstić information content (AvgIpc) is 3.11. The minimum Gasteiger partial charge on any atom is -0.408 e. The number of hydrogen-bond acceptors (Lipinski definition) is 6. The van der Waals surface area contributed by atoms with Crippen molar-refractivity contribution in [3.63, 3.8) is 0 Å². The van der Waals surface area contributed by atoms with E-state index in [-0.39, 0.29) is 16.8 Å². The first-order valence-corrected chi connectivity index (χ1v) is 9.99. The first-order valence-electron chi connectivity index (χ1n) is 8.55. The zero-order valence-electron chi connectivity index (χ0n) is 14.8. The Balaban J connectivity index is 1.68. The van der Waals surface area contributed by atoms with Crippen LogP contribution in [0.15, 0.2) is 33.6 Å². The van der Waals surface area contributed by atoms with E-state index in [2.05, 4.69) is 15.5 Å². The number of amides is 1. The third kappa shape index (κ3) is 3.94. The minimum absolute atomic E-state index is 0.0561. The van der Waals surface area contributed by atoms with Crippen LogP contribution in [0.2, 0.25) is 0 Å². The van der Waals surface area contributed by atoms with E-state index >= 15 is 0 Å². The molecule has 26 heavy (non-hydrogen) atoms. The zero-order valence-corrected chi connectivity index (χ0v) is 15.6. The Labute approximate surface area is 152 Å². The fraction of sp³-hybridized carbons (Fsp3) is 0.471. The maximum atomic E-state index is 12.3. The van der Waals surface area contributed by atoms with Crippen molar-refractivity contribution in [1.82, 2.24) is 14.5 Å². The second-order valence-electron chi connectivity index (χ2n) is 6.55. The van der Waals surface area contributed by atoms with Gasteiger partial charge in [-0.15, -0.1) is 5.10 Å². The predicted molar refractivity (Wildman–Crippen MR) is 95.4 cm³/mol. The maximum absolute atomic E-state index is 12.3. The third-order valence-electron chi connectivity index (χ3n) is 4.51.